The lowest BCUT2D eigenvalue weighted by molar-refractivity contribution is -0.135. The molecule has 1 aromatic rings. The molecule has 1 fully saturated rings. The van der Waals surface area contributed by atoms with E-state index >= 15 is 0 Å². The van der Waals surface area contributed by atoms with Gasteiger partial charge >= 0.3 is 0 Å². The van der Waals surface area contributed by atoms with Gasteiger partial charge in [0.2, 0.25) is 11.8 Å². The molecule has 126 valence electrons. The second-order valence-electron chi connectivity index (χ2n) is 5.58. The third-order valence-corrected chi connectivity index (χ3v) is 4.33. The van der Waals surface area contributed by atoms with E-state index in [0.717, 1.165) is 10.9 Å². The average molecular weight is 385 g/mol. The SMILES string of the molecule is CCCC(=O)N1CCC(C(=O)NNC(=O)c2cc(Br)c[nH]2)CC1. The van der Waals surface area contributed by atoms with Gasteiger partial charge in [0.1, 0.15) is 5.69 Å². The smallest absolute Gasteiger partial charge is 0.286 e. The molecule has 8 heteroatoms. The van der Waals surface area contributed by atoms with Crippen LogP contribution in [0.25, 0.3) is 0 Å². The number of rotatable bonds is 4. The lowest BCUT2D eigenvalue weighted by Gasteiger charge is -2.31. The summed E-state index contributed by atoms with van der Waals surface area (Å²) in [4.78, 5) is 40.3. The molecule has 0 bridgehead atoms. The number of hydrogen-bond acceptors (Lipinski definition) is 3. The van der Waals surface area contributed by atoms with E-state index in [4.69, 9.17) is 0 Å². The van der Waals surface area contributed by atoms with Crippen LogP contribution in [0, 0.1) is 5.92 Å². The predicted octanol–water partition coefficient (Wildman–Crippen LogP) is 1.58. The molecule has 1 aromatic heterocycles. The van der Waals surface area contributed by atoms with Gasteiger partial charge in [-0.3, -0.25) is 25.2 Å². The number of hydrogen-bond donors (Lipinski definition) is 3. The number of carbonyl (C=O) groups is 3. The molecule has 23 heavy (non-hydrogen) atoms. The standard InChI is InChI=1S/C15H21BrN4O3/c1-2-3-13(21)20-6-4-10(5-7-20)14(22)18-19-15(23)12-8-11(16)9-17-12/h8-10,17H,2-7H2,1H3,(H,18,22)(H,19,23). The van der Waals surface area contributed by atoms with Gasteiger partial charge in [0.05, 0.1) is 0 Å². The topological polar surface area (TPSA) is 94.3 Å². The Morgan fingerprint density at radius 1 is 1.30 bits per heavy atom. The minimum atomic E-state index is -0.403. The number of nitrogens with zero attached hydrogens (tertiary/aromatic N) is 1. The second kappa shape index (κ2) is 8.14. The van der Waals surface area contributed by atoms with Crippen molar-refractivity contribution in [3.05, 3.63) is 22.4 Å². The molecule has 0 spiro atoms. The van der Waals surface area contributed by atoms with Gasteiger partial charge in [-0.2, -0.15) is 0 Å². The van der Waals surface area contributed by atoms with E-state index in [2.05, 4.69) is 31.8 Å². The van der Waals surface area contributed by atoms with E-state index in [1.807, 2.05) is 11.8 Å². The van der Waals surface area contributed by atoms with Crippen LogP contribution in [-0.2, 0) is 9.59 Å². The zero-order valence-corrected chi connectivity index (χ0v) is 14.6. The van der Waals surface area contributed by atoms with Gasteiger partial charge < -0.3 is 9.88 Å². The monoisotopic (exact) mass is 384 g/mol. The van der Waals surface area contributed by atoms with Crippen LogP contribution in [0.2, 0.25) is 0 Å². The molecule has 7 nitrogen and oxygen atoms in total. The minimum absolute atomic E-state index is 0.150. The van der Waals surface area contributed by atoms with Crippen LogP contribution in [0.5, 0.6) is 0 Å². The number of nitrogens with one attached hydrogen (secondary N) is 3. The van der Waals surface area contributed by atoms with Gasteiger partial charge in [0.15, 0.2) is 0 Å². The summed E-state index contributed by atoms with van der Waals surface area (Å²) in [5.74, 6) is -0.653. The molecule has 1 aliphatic heterocycles. The third kappa shape index (κ3) is 4.82. The molecular formula is C15H21BrN4O3. The molecule has 0 aromatic carbocycles. The number of amides is 3. The third-order valence-electron chi connectivity index (χ3n) is 3.87. The number of halogens is 1. The molecule has 0 unspecified atom stereocenters. The summed E-state index contributed by atoms with van der Waals surface area (Å²) in [7, 11) is 0. The highest BCUT2D eigenvalue weighted by atomic mass is 79.9. The minimum Gasteiger partial charge on any atom is -0.356 e. The Morgan fingerprint density at radius 3 is 2.57 bits per heavy atom. The summed E-state index contributed by atoms with van der Waals surface area (Å²) >= 11 is 3.24. The van der Waals surface area contributed by atoms with Crippen molar-refractivity contribution in [1.82, 2.24) is 20.7 Å². The molecule has 2 heterocycles. The second-order valence-corrected chi connectivity index (χ2v) is 6.50. The van der Waals surface area contributed by atoms with E-state index in [1.54, 1.807) is 12.3 Å². The van der Waals surface area contributed by atoms with Gasteiger partial charge in [-0.05, 0) is 41.3 Å². The number of piperidine rings is 1. The van der Waals surface area contributed by atoms with Gasteiger partial charge in [-0.1, -0.05) is 6.92 Å². The van der Waals surface area contributed by atoms with Crippen molar-refractivity contribution < 1.29 is 14.4 Å². The molecule has 0 radical (unpaired) electrons. The largest absolute Gasteiger partial charge is 0.356 e. The van der Waals surface area contributed by atoms with Crippen molar-refractivity contribution >= 4 is 33.7 Å². The number of aromatic amines is 1. The van der Waals surface area contributed by atoms with Crippen LogP contribution in [0.4, 0.5) is 0 Å². The Bertz CT molecular complexity index is 579. The maximum absolute atomic E-state index is 12.1. The molecule has 0 aliphatic carbocycles. The molecule has 1 aliphatic rings. The van der Waals surface area contributed by atoms with Gasteiger partial charge in [-0.15, -0.1) is 0 Å². The van der Waals surface area contributed by atoms with E-state index in [-0.39, 0.29) is 17.7 Å². The number of H-pyrrole nitrogens is 1. The normalized spacial score (nSPS) is 15.3. The van der Waals surface area contributed by atoms with Gasteiger partial charge in [-0.25, -0.2) is 0 Å². The van der Waals surface area contributed by atoms with Crippen molar-refractivity contribution in [2.24, 2.45) is 5.92 Å². The molecule has 2 rings (SSSR count). The molecule has 3 amide bonds. The summed E-state index contributed by atoms with van der Waals surface area (Å²) in [6.07, 6.45) is 4.26. The van der Waals surface area contributed by atoms with E-state index in [9.17, 15) is 14.4 Å². The zero-order valence-electron chi connectivity index (χ0n) is 13.0. The van der Waals surface area contributed by atoms with Crippen LogP contribution in [0.15, 0.2) is 16.7 Å². The maximum atomic E-state index is 12.1. The molecule has 1 saturated heterocycles. The fourth-order valence-corrected chi connectivity index (χ4v) is 2.89. The molecule has 0 atom stereocenters. The fourth-order valence-electron chi connectivity index (χ4n) is 2.55. The van der Waals surface area contributed by atoms with Crippen LogP contribution in [0.3, 0.4) is 0 Å². The highest BCUT2D eigenvalue weighted by Crippen LogP contribution is 2.18. The first-order chi connectivity index (χ1) is 11.0. The number of hydrazine groups is 1. The Kier molecular flexibility index (Phi) is 6.20. The van der Waals surface area contributed by atoms with Gasteiger partial charge in [0, 0.05) is 36.1 Å². The summed E-state index contributed by atoms with van der Waals surface area (Å²) in [6, 6.07) is 1.62. The molecule has 3 N–H and O–H groups in total. The van der Waals surface area contributed by atoms with E-state index in [1.165, 1.54) is 0 Å². The van der Waals surface area contributed by atoms with Crippen molar-refractivity contribution in [3.8, 4) is 0 Å². The Labute approximate surface area is 143 Å². The number of carbonyl (C=O) groups excluding carboxylic acids is 3. The lowest BCUT2D eigenvalue weighted by Crippen LogP contribution is -2.48. The number of aromatic nitrogens is 1. The van der Waals surface area contributed by atoms with E-state index < -0.39 is 5.91 Å². The summed E-state index contributed by atoms with van der Waals surface area (Å²) in [5, 5.41) is 0. The van der Waals surface area contributed by atoms with Crippen molar-refractivity contribution in [1.29, 1.82) is 0 Å². The highest BCUT2D eigenvalue weighted by Gasteiger charge is 2.27. The van der Waals surface area contributed by atoms with Crippen molar-refractivity contribution in [2.75, 3.05) is 13.1 Å². The first-order valence-corrected chi connectivity index (χ1v) is 8.52. The average Bonchev–Trinajstić information content (AvgIpc) is 2.99. The molecular weight excluding hydrogens is 364 g/mol. The summed E-state index contributed by atoms with van der Waals surface area (Å²) < 4.78 is 0.762. The first kappa shape index (κ1) is 17.5. The van der Waals surface area contributed by atoms with E-state index in [0.29, 0.717) is 38.0 Å². The van der Waals surface area contributed by atoms with Crippen LogP contribution in [0.1, 0.15) is 43.1 Å². The zero-order chi connectivity index (χ0) is 16.8. The quantitative estimate of drug-likeness (QED) is 0.687. The first-order valence-electron chi connectivity index (χ1n) is 7.73. The Balaban J connectivity index is 1.75. The van der Waals surface area contributed by atoms with Crippen molar-refractivity contribution in [2.45, 2.75) is 32.6 Å². The Hall–Kier alpha value is -1.83. The van der Waals surface area contributed by atoms with Crippen LogP contribution >= 0.6 is 15.9 Å². The number of likely N-dealkylation sites (tertiary alicyclic amines) is 1. The summed E-state index contributed by atoms with van der Waals surface area (Å²) in [6.45, 7) is 3.16. The lowest BCUT2D eigenvalue weighted by atomic mass is 9.96. The van der Waals surface area contributed by atoms with Crippen molar-refractivity contribution in [3.63, 3.8) is 0 Å². The Morgan fingerprint density at radius 2 is 2.00 bits per heavy atom. The maximum Gasteiger partial charge on any atom is 0.286 e. The predicted molar refractivity (Wildman–Crippen MR) is 88.3 cm³/mol. The van der Waals surface area contributed by atoms with Crippen LogP contribution < -0.4 is 10.9 Å². The van der Waals surface area contributed by atoms with Crippen LogP contribution in [-0.4, -0.2) is 40.7 Å². The fraction of sp³-hybridized carbons (Fsp3) is 0.533. The summed E-state index contributed by atoms with van der Waals surface area (Å²) in [5.41, 5.74) is 5.20. The highest BCUT2D eigenvalue weighted by molar-refractivity contribution is 9.10. The molecule has 0 saturated carbocycles. The van der Waals surface area contributed by atoms with Gasteiger partial charge in [0.25, 0.3) is 5.91 Å².